The smallest absolute Gasteiger partial charge is 0.155 e. The fraction of sp³-hybridized carbons (Fsp3) is 0.0909. The number of rotatable bonds is 5. The number of aromatic nitrogens is 6. The van der Waals surface area contributed by atoms with Crippen LogP contribution in [0.2, 0.25) is 5.02 Å². The third kappa shape index (κ3) is 3.62. The molecule has 0 amide bonds. The summed E-state index contributed by atoms with van der Waals surface area (Å²) in [4.78, 5) is 8.94. The molecule has 0 bridgehead atoms. The molecule has 148 valence electrons. The summed E-state index contributed by atoms with van der Waals surface area (Å²) in [5.74, 6) is 1.51. The molecule has 0 saturated carbocycles. The Hall–Kier alpha value is -3.71. The van der Waals surface area contributed by atoms with E-state index in [0.29, 0.717) is 6.54 Å². The van der Waals surface area contributed by atoms with Crippen molar-refractivity contribution in [2.75, 3.05) is 5.32 Å². The Morgan fingerprint density at radius 3 is 2.73 bits per heavy atom. The lowest BCUT2D eigenvalue weighted by Crippen LogP contribution is -2.04. The molecule has 5 aromatic rings. The highest BCUT2D eigenvalue weighted by Crippen LogP contribution is 2.26. The van der Waals surface area contributed by atoms with Gasteiger partial charge in [-0.15, -0.1) is 5.10 Å². The largest absolute Gasteiger partial charge is 0.364 e. The number of hydrogen-bond donors (Lipinski definition) is 1. The molecule has 0 atom stereocenters. The summed E-state index contributed by atoms with van der Waals surface area (Å²) in [5, 5.41) is 13.1. The highest BCUT2D eigenvalue weighted by atomic mass is 35.5. The van der Waals surface area contributed by atoms with Gasteiger partial charge in [0.1, 0.15) is 12.1 Å². The highest BCUT2D eigenvalue weighted by molar-refractivity contribution is 6.30. The monoisotopic (exact) mass is 415 g/mol. The van der Waals surface area contributed by atoms with Crippen molar-refractivity contribution < 1.29 is 0 Å². The minimum atomic E-state index is 0.637. The van der Waals surface area contributed by atoms with Crippen molar-refractivity contribution in [3.8, 4) is 17.1 Å². The molecule has 8 heteroatoms. The number of nitrogens with zero attached hydrogens (tertiary/aromatic N) is 6. The van der Waals surface area contributed by atoms with Crippen LogP contribution in [0.25, 0.3) is 22.7 Å². The van der Waals surface area contributed by atoms with Crippen LogP contribution in [0.15, 0.2) is 73.2 Å². The SMILES string of the molecule is Cc1cccc(-n2nc(NCc3ccc(Cl)cc3)cc2-c2ccn3ncnc3c2)n1. The second-order valence-corrected chi connectivity index (χ2v) is 7.36. The summed E-state index contributed by atoms with van der Waals surface area (Å²) in [7, 11) is 0. The van der Waals surface area contributed by atoms with Crippen molar-refractivity contribution in [1.29, 1.82) is 0 Å². The van der Waals surface area contributed by atoms with Gasteiger partial charge in [-0.25, -0.2) is 19.2 Å². The zero-order valence-electron chi connectivity index (χ0n) is 16.2. The minimum Gasteiger partial charge on any atom is -0.364 e. The topological polar surface area (TPSA) is 72.9 Å². The summed E-state index contributed by atoms with van der Waals surface area (Å²) < 4.78 is 3.58. The Bertz CT molecular complexity index is 1320. The predicted molar refractivity (Wildman–Crippen MR) is 117 cm³/mol. The van der Waals surface area contributed by atoms with E-state index in [-0.39, 0.29) is 0 Å². The lowest BCUT2D eigenvalue weighted by Gasteiger charge is -2.07. The molecule has 0 spiro atoms. The van der Waals surface area contributed by atoms with Crippen molar-refractivity contribution >= 4 is 23.1 Å². The second-order valence-electron chi connectivity index (χ2n) is 6.92. The molecule has 5 rings (SSSR count). The summed E-state index contributed by atoms with van der Waals surface area (Å²) in [5.41, 5.74) is 4.71. The van der Waals surface area contributed by atoms with Gasteiger partial charge < -0.3 is 5.32 Å². The van der Waals surface area contributed by atoms with E-state index in [1.807, 2.05) is 78.5 Å². The molecule has 1 N–H and O–H groups in total. The molecule has 4 aromatic heterocycles. The number of nitrogens with one attached hydrogen (secondary N) is 1. The van der Waals surface area contributed by atoms with Crippen LogP contribution < -0.4 is 5.32 Å². The van der Waals surface area contributed by atoms with E-state index in [1.165, 1.54) is 6.33 Å². The molecule has 4 heterocycles. The van der Waals surface area contributed by atoms with Crippen LogP contribution >= 0.6 is 11.6 Å². The van der Waals surface area contributed by atoms with E-state index < -0.39 is 0 Å². The number of pyridine rings is 2. The number of halogens is 1. The maximum absolute atomic E-state index is 5.98. The average molecular weight is 416 g/mol. The van der Waals surface area contributed by atoms with Gasteiger partial charge in [0.05, 0.1) is 5.69 Å². The van der Waals surface area contributed by atoms with E-state index in [2.05, 4.69) is 20.4 Å². The maximum Gasteiger partial charge on any atom is 0.155 e. The molecule has 0 aliphatic rings. The van der Waals surface area contributed by atoms with Crippen molar-refractivity contribution in [3.63, 3.8) is 0 Å². The van der Waals surface area contributed by atoms with E-state index in [9.17, 15) is 0 Å². The Morgan fingerprint density at radius 1 is 1.03 bits per heavy atom. The number of fused-ring (bicyclic) bond motifs is 1. The third-order valence-electron chi connectivity index (χ3n) is 4.76. The van der Waals surface area contributed by atoms with Gasteiger partial charge in [0, 0.05) is 35.1 Å². The number of hydrogen-bond acceptors (Lipinski definition) is 5. The van der Waals surface area contributed by atoms with Crippen molar-refractivity contribution in [2.45, 2.75) is 13.5 Å². The first kappa shape index (κ1) is 18.3. The standard InChI is InChI=1S/C22H18ClN7/c1-15-3-2-4-21(27-15)30-19(17-9-10-29-22(11-17)25-14-26-29)12-20(28-30)24-13-16-5-7-18(23)8-6-16/h2-12,14H,13H2,1H3,(H,24,28). The zero-order valence-corrected chi connectivity index (χ0v) is 17.0. The Morgan fingerprint density at radius 2 is 1.90 bits per heavy atom. The fourth-order valence-corrected chi connectivity index (χ4v) is 3.39. The number of aryl methyl sites for hydroxylation is 1. The van der Waals surface area contributed by atoms with E-state index >= 15 is 0 Å². The second kappa shape index (κ2) is 7.61. The number of anilines is 1. The van der Waals surface area contributed by atoms with Crippen LogP contribution in [0.1, 0.15) is 11.3 Å². The molecule has 1 aromatic carbocycles. The molecule has 7 nitrogen and oxygen atoms in total. The van der Waals surface area contributed by atoms with Crippen molar-refractivity contribution in [3.05, 3.63) is 89.5 Å². The lowest BCUT2D eigenvalue weighted by atomic mass is 10.2. The molecule has 30 heavy (non-hydrogen) atoms. The first-order valence-corrected chi connectivity index (χ1v) is 9.86. The Labute approximate surface area is 178 Å². The van der Waals surface area contributed by atoms with Gasteiger partial charge >= 0.3 is 0 Å². The predicted octanol–water partition coefficient (Wildman–Crippen LogP) is 4.55. The van der Waals surface area contributed by atoms with Crippen LogP contribution in [-0.4, -0.2) is 29.4 Å². The molecular weight excluding hydrogens is 398 g/mol. The lowest BCUT2D eigenvalue weighted by molar-refractivity contribution is 0.845. The van der Waals surface area contributed by atoms with E-state index in [4.69, 9.17) is 16.7 Å². The number of benzene rings is 1. The summed E-state index contributed by atoms with van der Waals surface area (Å²) >= 11 is 5.98. The quantitative estimate of drug-likeness (QED) is 0.456. The van der Waals surface area contributed by atoms with Gasteiger partial charge in [0.25, 0.3) is 0 Å². The normalized spacial score (nSPS) is 11.1. The van der Waals surface area contributed by atoms with Crippen molar-refractivity contribution in [2.24, 2.45) is 0 Å². The summed E-state index contributed by atoms with van der Waals surface area (Å²) in [6, 6.07) is 19.6. The van der Waals surface area contributed by atoms with Gasteiger partial charge in [0.15, 0.2) is 11.5 Å². The van der Waals surface area contributed by atoms with Gasteiger partial charge in [-0.1, -0.05) is 29.8 Å². The molecule has 0 aliphatic heterocycles. The van der Waals surface area contributed by atoms with Gasteiger partial charge in [-0.3, -0.25) is 0 Å². The third-order valence-corrected chi connectivity index (χ3v) is 5.02. The van der Waals surface area contributed by atoms with E-state index in [0.717, 1.165) is 44.8 Å². The maximum atomic E-state index is 5.98. The summed E-state index contributed by atoms with van der Waals surface area (Å²) in [6.07, 6.45) is 3.43. The molecule has 0 saturated heterocycles. The minimum absolute atomic E-state index is 0.637. The van der Waals surface area contributed by atoms with Crippen LogP contribution in [0.4, 0.5) is 5.82 Å². The first-order valence-electron chi connectivity index (χ1n) is 9.48. The molecule has 0 fully saturated rings. The molecule has 0 radical (unpaired) electrons. The van der Waals surface area contributed by atoms with Crippen LogP contribution in [-0.2, 0) is 6.54 Å². The first-order chi connectivity index (χ1) is 14.7. The molecule has 0 unspecified atom stereocenters. The zero-order chi connectivity index (χ0) is 20.5. The van der Waals surface area contributed by atoms with Crippen LogP contribution in [0, 0.1) is 6.92 Å². The van der Waals surface area contributed by atoms with Gasteiger partial charge in [0.2, 0.25) is 0 Å². The van der Waals surface area contributed by atoms with Gasteiger partial charge in [-0.2, -0.15) is 5.10 Å². The fourth-order valence-electron chi connectivity index (χ4n) is 3.26. The molecule has 0 aliphatic carbocycles. The summed E-state index contributed by atoms with van der Waals surface area (Å²) in [6.45, 7) is 2.60. The average Bonchev–Trinajstić information content (AvgIpc) is 3.40. The highest BCUT2D eigenvalue weighted by Gasteiger charge is 2.14. The van der Waals surface area contributed by atoms with Crippen LogP contribution in [0.5, 0.6) is 0 Å². The van der Waals surface area contributed by atoms with Crippen LogP contribution in [0.3, 0.4) is 0 Å². The van der Waals surface area contributed by atoms with Crippen molar-refractivity contribution in [1.82, 2.24) is 29.4 Å². The van der Waals surface area contributed by atoms with E-state index in [1.54, 1.807) is 4.52 Å². The van der Waals surface area contributed by atoms with Gasteiger partial charge in [-0.05, 0) is 48.9 Å². The Kier molecular flexibility index (Phi) is 4.65. The molecular formula is C22H18ClN7. The Balaban J connectivity index is 1.54.